The van der Waals surface area contributed by atoms with E-state index in [1.807, 2.05) is 47.0 Å². The third kappa shape index (κ3) is 4.16. The highest BCUT2D eigenvalue weighted by molar-refractivity contribution is 6.02. The molecule has 0 saturated heterocycles. The number of fused-ring (bicyclic) bond motifs is 1. The number of hydrogen-bond donors (Lipinski definition) is 5. The SMILES string of the molecule is N=C(N)c1ccc2cc(C(=O)NC3CCC(N)CC3)n(Cc3cccc(N)c3)c2c1. The minimum atomic E-state index is -0.0973. The van der Waals surface area contributed by atoms with Crippen molar-refractivity contribution in [3.63, 3.8) is 0 Å². The van der Waals surface area contributed by atoms with Gasteiger partial charge in [0, 0.05) is 40.8 Å². The Morgan fingerprint density at radius 1 is 1.10 bits per heavy atom. The quantitative estimate of drug-likeness (QED) is 0.254. The monoisotopic (exact) mass is 404 g/mol. The van der Waals surface area contributed by atoms with Crippen LogP contribution in [0.1, 0.15) is 47.3 Å². The average molecular weight is 405 g/mol. The molecule has 1 aliphatic rings. The molecule has 7 nitrogen and oxygen atoms in total. The molecule has 1 amide bonds. The maximum atomic E-state index is 13.2. The van der Waals surface area contributed by atoms with Gasteiger partial charge < -0.3 is 27.1 Å². The Morgan fingerprint density at radius 2 is 1.87 bits per heavy atom. The minimum Gasteiger partial charge on any atom is -0.399 e. The van der Waals surface area contributed by atoms with Gasteiger partial charge in [-0.1, -0.05) is 24.3 Å². The number of nitrogens with two attached hydrogens (primary N) is 3. The zero-order valence-electron chi connectivity index (χ0n) is 16.9. The molecule has 0 aliphatic heterocycles. The van der Waals surface area contributed by atoms with Gasteiger partial charge in [-0.05, 0) is 55.5 Å². The molecular formula is C23H28N6O. The molecule has 4 rings (SSSR count). The molecule has 1 aliphatic carbocycles. The molecule has 7 heteroatoms. The van der Waals surface area contributed by atoms with E-state index in [4.69, 9.17) is 22.6 Å². The molecule has 0 spiro atoms. The lowest BCUT2D eigenvalue weighted by molar-refractivity contribution is 0.0917. The van der Waals surface area contributed by atoms with E-state index < -0.39 is 0 Å². The molecular weight excluding hydrogens is 376 g/mol. The van der Waals surface area contributed by atoms with Gasteiger partial charge >= 0.3 is 0 Å². The summed E-state index contributed by atoms with van der Waals surface area (Å²) in [5.41, 5.74) is 21.4. The number of nitrogens with one attached hydrogen (secondary N) is 2. The number of hydrogen-bond acceptors (Lipinski definition) is 4. The van der Waals surface area contributed by atoms with Gasteiger partial charge in [-0.25, -0.2) is 0 Å². The van der Waals surface area contributed by atoms with E-state index >= 15 is 0 Å². The second kappa shape index (κ2) is 8.20. The molecule has 30 heavy (non-hydrogen) atoms. The van der Waals surface area contributed by atoms with Gasteiger partial charge in [0.25, 0.3) is 5.91 Å². The zero-order valence-corrected chi connectivity index (χ0v) is 16.9. The molecule has 0 radical (unpaired) electrons. The van der Waals surface area contributed by atoms with Crippen LogP contribution in [0, 0.1) is 5.41 Å². The first-order valence-electron chi connectivity index (χ1n) is 10.3. The third-order valence-corrected chi connectivity index (χ3v) is 5.85. The van der Waals surface area contributed by atoms with Gasteiger partial charge in [0.1, 0.15) is 11.5 Å². The minimum absolute atomic E-state index is 0.00171. The van der Waals surface area contributed by atoms with Crippen LogP contribution in [0.25, 0.3) is 10.9 Å². The fourth-order valence-electron chi connectivity index (χ4n) is 4.18. The number of benzene rings is 2. The van der Waals surface area contributed by atoms with Gasteiger partial charge in [0.05, 0.1) is 0 Å². The van der Waals surface area contributed by atoms with Crippen molar-refractivity contribution in [3.8, 4) is 0 Å². The Kier molecular flexibility index (Phi) is 5.46. The number of nitrogens with zero attached hydrogens (tertiary/aromatic N) is 1. The Hall–Kier alpha value is -3.32. The van der Waals surface area contributed by atoms with Crippen molar-refractivity contribution in [3.05, 3.63) is 65.4 Å². The summed E-state index contributed by atoms with van der Waals surface area (Å²) in [6.07, 6.45) is 3.66. The summed E-state index contributed by atoms with van der Waals surface area (Å²) in [6, 6.07) is 15.5. The first kappa shape index (κ1) is 20.0. The highest BCUT2D eigenvalue weighted by atomic mass is 16.2. The van der Waals surface area contributed by atoms with Gasteiger partial charge in [-0.2, -0.15) is 0 Å². The molecule has 1 aromatic heterocycles. The second-order valence-corrected chi connectivity index (χ2v) is 8.13. The number of aromatic nitrogens is 1. The number of carbonyl (C=O) groups is 1. The fourth-order valence-corrected chi connectivity index (χ4v) is 4.18. The highest BCUT2D eigenvalue weighted by Crippen LogP contribution is 2.24. The van der Waals surface area contributed by atoms with Crippen LogP contribution in [-0.2, 0) is 6.54 Å². The molecule has 3 aromatic rings. The number of carbonyl (C=O) groups excluding carboxylic acids is 1. The van der Waals surface area contributed by atoms with Crippen LogP contribution in [0.2, 0.25) is 0 Å². The molecule has 0 unspecified atom stereocenters. The van der Waals surface area contributed by atoms with Gasteiger partial charge in [0.15, 0.2) is 0 Å². The van der Waals surface area contributed by atoms with Gasteiger partial charge in [-0.15, -0.1) is 0 Å². The standard InChI is InChI=1S/C23H28N6O/c24-17-6-8-19(9-7-17)28-23(30)21-11-15-4-5-16(22(26)27)12-20(15)29(21)13-14-2-1-3-18(25)10-14/h1-5,10-12,17,19H,6-9,13,24-25H2,(H3,26,27)(H,28,30). The van der Waals surface area contributed by atoms with Crippen LogP contribution in [0.5, 0.6) is 0 Å². The van der Waals surface area contributed by atoms with E-state index in [0.717, 1.165) is 42.1 Å². The van der Waals surface area contributed by atoms with Gasteiger partial charge in [-0.3, -0.25) is 10.2 Å². The van der Waals surface area contributed by atoms with Crippen molar-refractivity contribution >= 4 is 28.3 Å². The maximum Gasteiger partial charge on any atom is 0.268 e. The highest BCUT2D eigenvalue weighted by Gasteiger charge is 2.23. The largest absolute Gasteiger partial charge is 0.399 e. The zero-order chi connectivity index (χ0) is 21.3. The van der Waals surface area contributed by atoms with Crippen molar-refractivity contribution in [2.24, 2.45) is 11.5 Å². The normalized spacial score (nSPS) is 19.0. The summed E-state index contributed by atoms with van der Waals surface area (Å²) in [5, 5.41) is 11.9. The van der Waals surface area contributed by atoms with Gasteiger partial charge in [0.2, 0.25) is 0 Å². The van der Waals surface area contributed by atoms with Crippen molar-refractivity contribution in [1.82, 2.24) is 9.88 Å². The predicted molar refractivity (Wildman–Crippen MR) is 121 cm³/mol. The Balaban J connectivity index is 1.71. The lowest BCUT2D eigenvalue weighted by Gasteiger charge is -2.27. The number of amidine groups is 1. The van der Waals surface area contributed by atoms with E-state index in [1.165, 1.54) is 0 Å². The number of nitrogen functional groups attached to an aromatic ring is 2. The first-order valence-corrected chi connectivity index (χ1v) is 10.3. The predicted octanol–water partition coefficient (Wildman–Crippen LogP) is 2.56. The molecule has 8 N–H and O–H groups in total. The van der Waals surface area contributed by atoms with E-state index in [2.05, 4.69) is 5.32 Å². The molecule has 1 heterocycles. The summed E-state index contributed by atoms with van der Waals surface area (Å²) in [5.74, 6) is -0.0990. The number of amides is 1. The second-order valence-electron chi connectivity index (χ2n) is 8.13. The maximum absolute atomic E-state index is 13.2. The average Bonchev–Trinajstić information content (AvgIpc) is 3.07. The van der Waals surface area contributed by atoms with Crippen LogP contribution >= 0.6 is 0 Å². The van der Waals surface area contributed by atoms with Crippen LogP contribution in [-0.4, -0.2) is 28.4 Å². The molecule has 1 fully saturated rings. The van der Waals surface area contributed by atoms with E-state index in [9.17, 15) is 4.79 Å². The fraction of sp³-hybridized carbons (Fsp3) is 0.304. The number of anilines is 1. The van der Waals surface area contributed by atoms with Crippen LogP contribution in [0.3, 0.4) is 0 Å². The topological polar surface area (TPSA) is 136 Å². The van der Waals surface area contributed by atoms with Crippen molar-refractivity contribution in [2.45, 2.75) is 44.3 Å². The summed E-state index contributed by atoms with van der Waals surface area (Å²) >= 11 is 0. The lowest BCUT2D eigenvalue weighted by atomic mass is 9.92. The van der Waals surface area contributed by atoms with Crippen LogP contribution in [0.4, 0.5) is 5.69 Å². The van der Waals surface area contributed by atoms with Crippen molar-refractivity contribution < 1.29 is 4.79 Å². The molecule has 1 saturated carbocycles. The molecule has 2 aromatic carbocycles. The summed E-state index contributed by atoms with van der Waals surface area (Å²) in [6.45, 7) is 0.494. The Bertz CT molecular complexity index is 1090. The Morgan fingerprint density at radius 3 is 2.57 bits per heavy atom. The van der Waals surface area contributed by atoms with Crippen molar-refractivity contribution in [1.29, 1.82) is 5.41 Å². The van der Waals surface area contributed by atoms with Crippen molar-refractivity contribution in [2.75, 3.05) is 5.73 Å². The number of rotatable bonds is 5. The summed E-state index contributed by atoms with van der Waals surface area (Å²) in [4.78, 5) is 13.2. The van der Waals surface area contributed by atoms with E-state index in [1.54, 1.807) is 6.07 Å². The summed E-state index contributed by atoms with van der Waals surface area (Å²) in [7, 11) is 0. The van der Waals surface area contributed by atoms with Crippen LogP contribution < -0.4 is 22.5 Å². The molecule has 0 atom stereocenters. The van der Waals surface area contributed by atoms with E-state index in [-0.39, 0.29) is 23.8 Å². The molecule has 0 bridgehead atoms. The first-order chi connectivity index (χ1) is 14.4. The van der Waals surface area contributed by atoms with Crippen LogP contribution in [0.15, 0.2) is 48.5 Å². The smallest absolute Gasteiger partial charge is 0.268 e. The summed E-state index contributed by atoms with van der Waals surface area (Å²) < 4.78 is 1.97. The van der Waals surface area contributed by atoms with E-state index in [0.29, 0.717) is 23.5 Å². The molecule has 156 valence electrons. The lowest BCUT2D eigenvalue weighted by Crippen LogP contribution is -2.41. The Labute approximate surface area is 175 Å². The third-order valence-electron chi connectivity index (χ3n) is 5.85.